The van der Waals surface area contributed by atoms with Crippen LogP contribution in [0.2, 0.25) is 0 Å². The van der Waals surface area contributed by atoms with E-state index in [0.717, 1.165) is 0 Å². The van der Waals surface area contributed by atoms with E-state index in [1.54, 1.807) is 0 Å². The first-order valence-corrected chi connectivity index (χ1v) is 0.651. The predicted octanol–water partition coefficient (Wildman–Crippen LogP) is -0.429. The number of carboxylic acid groups (broad SMARTS) is 2. The molecule has 0 saturated carbocycles. The molecule has 36 valence electrons. The molecule has 0 fully saturated rings. The second-order valence-electron chi connectivity index (χ2n) is 0.283. The fourth-order valence-electron chi connectivity index (χ4n) is 0. The summed E-state index contributed by atoms with van der Waals surface area (Å²) in [6.45, 7) is 0. The summed E-state index contributed by atoms with van der Waals surface area (Å²) in [5, 5.41) is 13.9. The van der Waals surface area contributed by atoms with Gasteiger partial charge < -0.3 is 10.2 Å². The summed E-state index contributed by atoms with van der Waals surface area (Å²) in [6, 6.07) is 0. The minimum atomic E-state index is -1.83. The smallest absolute Gasteiger partial charge is 0 e. The third kappa shape index (κ3) is 87.7. The standard InChI is InChI=1S/CH2O3.Na.Pd.H/c2-1(3)4;;;/h(H2,2,3,4);;;. The monoisotopic (exact) mass is 192 g/mol. The van der Waals surface area contributed by atoms with Gasteiger partial charge in [0.2, 0.25) is 0 Å². The van der Waals surface area contributed by atoms with Crippen molar-refractivity contribution in [1.29, 1.82) is 0 Å². The molecule has 5 heteroatoms. The number of hydrogen-bond donors (Lipinski definition) is 2. The van der Waals surface area contributed by atoms with Crippen LogP contribution in [0.25, 0.3) is 0 Å². The molecule has 0 aromatic carbocycles. The summed E-state index contributed by atoms with van der Waals surface area (Å²) < 4.78 is 0. The molecule has 6 heavy (non-hydrogen) atoms. The van der Waals surface area contributed by atoms with Crippen LogP contribution in [0.1, 0.15) is 0 Å². The largest absolute Gasteiger partial charge is 0 e. The molecule has 0 aliphatic rings. The molecule has 0 heterocycles. The van der Waals surface area contributed by atoms with E-state index in [1.165, 1.54) is 0 Å². The van der Waals surface area contributed by atoms with Crippen molar-refractivity contribution in [1.82, 2.24) is 0 Å². The van der Waals surface area contributed by atoms with Crippen molar-refractivity contribution in [3.63, 3.8) is 0 Å². The Hall–Kier alpha value is 0.932. The molecule has 0 aliphatic heterocycles. The van der Waals surface area contributed by atoms with E-state index in [1.807, 2.05) is 0 Å². The molecule has 0 aliphatic carbocycles. The van der Waals surface area contributed by atoms with Crippen LogP contribution < -0.4 is 0 Å². The maximum Gasteiger partial charge on any atom is 0 e. The van der Waals surface area contributed by atoms with Gasteiger partial charge in [-0.15, -0.1) is 0 Å². The van der Waals surface area contributed by atoms with Crippen LogP contribution in [-0.4, -0.2) is 45.9 Å². The normalized spacial score (nSPS) is 4.00. The molecule has 2 N–H and O–H groups in total. The van der Waals surface area contributed by atoms with Crippen molar-refractivity contribution in [2.45, 2.75) is 0 Å². The molecule has 0 unspecified atom stereocenters. The van der Waals surface area contributed by atoms with Crippen LogP contribution in [0.4, 0.5) is 4.79 Å². The van der Waals surface area contributed by atoms with E-state index in [0.29, 0.717) is 0 Å². The van der Waals surface area contributed by atoms with E-state index < -0.39 is 6.16 Å². The Bertz CT molecular complexity index is 33.8. The van der Waals surface area contributed by atoms with Gasteiger partial charge in [-0.1, -0.05) is 0 Å². The van der Waals surface area contributed by atoms with Gasteiger partial charge in [0, 0.05) is 20.4 Å². The van der Waals surface area contributed by atoms with Crippen LogP contribution in [0.15, 0.2) is 0 Å². The molecule has 3 nitrogen and oxygen atoms in total. The fraction of sp³-hybridized carbons (Fsp3) is 0. The zero-order valence-corrected chi connectivity index (χ0v) is 3.67. The third-order valence-corrected chi connectivity index (χ3v) is 0. The third-order valence-electron chi connectivity index (χ3n) is 0. The van der Waals surface area contributed by atoms with Crippen LogP contribution in [0.5, 0.6) is 0 Å². The van der Waals surface area contributed by atoms with Crippen molar-refractivity contribution in [2.75, 3.05) is 0 Å². The molecule has 0 amide bonds. The summed E-state index contributed by atoms with van der Waals surface area (Å²) in [5.41, 5.74) is 0. The zero-order chi connectivity index (χ0) is 3.58. The first kappa shape index (κ1) is 15.8. The van der Waals surface area contributed by atoms with Crippen molar-refractivity contribution >= 4 is 35.7 Å². The topological polar surface area (TPSA) is 57.5 Å². The first-order chi connectivity index (χ1) is 1.73. The Morgan fingerprint density at radius 2 is 1.33 bits per heavy atom. The first-order valence-electron chi connectivity index (χ1n) is 0.651. The van der Waals surface area contributed by atoms with Crippen molar-refractivity contribution in [3.05, 3.63) is 0 Å². The van der Waals surface area contributed by atoms with Crippen LogP contribution >= 0.6 is 0 Å². The predicted molar refractivity (Wildman–Crippen MR) is 17.8 cm³/mol. The van der Waals surface area contributed by atoms with Gasteiger partial charge in [0.15, 0.2) is 0 Å². The minimum absolute atomic E-state index is 0. The van der Waals surface area contributed by atoms with Crippen LogP contribution in [-0.2, 0) is 20.4 Å². The van der Waals surface area contributed by atoms with Gasteiger partial charge in [-0.2, -0.15) is 0 Å². The zero-order valence-electron chi connectivity index (χ0n) is 2.12. The van der Waals surface area contributed by atoms with Crippen molar-refractivity contribution in [2.24, 2.45) is 0 Å². The van der Waals surface area contributed by atoms with E-state index >= 15 is 0 Å². The Morgan fingerprint density at radius 1 is 1.33 bits per heavy atom. The number of carbonyl (C=O) groups is 1. The quantitative estimate of drug-likeness (QED) is 0.512. The second-order valence-corrected chi connectivity index (χ2v) is 0.283. The van der Waals surface area contributed by atoms with Gasteiger partial charge in [-0.3, -0.25) is 0 Å². The second kappa shape index (κ2) is 9.33. The van der Waals surface area contributed by atoms with Gasteiger partial charge in [-0.05, 0) is 0 Å². The summed E-state index contributed by atoms with van der Waals surface area (Å²) in [5.74, 6) is 0. The minimum Gasteiger partial charge on any atom is 0 e. The molecule has 0 radical (unpaired) electrons. The molecular weight excluding hydrogens is 189 g/mol. The van der Waals surface area contributed by atoms with E-state index in [4.69, 9.17) is 15.0 Å². The molecule has 0 aromatic heterocycles. The summed E-state index contributed by atoms with van der Waals surface area (Å²) in [7, 11) is 0. The van der Waals surface area contributed by atoms with E-state index in [-0.39, 0.29) is 50.0 Å². The maximum atomic E-state index is 8.56. The average molecular weight is 192 g/mol. The summed E-state index contributed by atoms with van der Waals surface area (Å²) in [6.07, 6.45) is -1.83. The Kier molecular flexibility index (Phi) is 24.5. The van der Waals surface area contributed by atoms with Gasteiger partial charge in [0.1, 0.15) is 0 Å². The molecule has 0 bridgehead atoms. The Balaban J connectivity index is -0.0000000450. The van der Waals surface area contributed by atoms with E-state index in [2.05, 4.69) is 0 Å². The van der Waals surface area contributed by atoms with Gasteiger partial charge >= 0.3 is 35.7 Å². The molecule has 0 saturated heterocycles. The Labute approximate surface area is 70.7 Å². The molecule has 0 spiro atoms. The number of hydrogen-bond acceptors (Lipinski definition) is 1. The van der Waals surface area contributed by atoms with E-state index in [9.17, 15) is 0 Å². The van der Waals surface area contributed by atoms with Gasteiger partial charge in [-0.25, -0.2) is 4.79 Å². The molecule has 0 aromatic rings. The maximum absolute atomic E-state index is 8.56. The van der Waals surface area contributed by atoms with Crippen molar-refractivity contribution < 1.29 is 35.4 Å². The molecule has 0 rings (SSSR count). The Morgan fingerprint density at radius 3 is 1.33 bits per heavy atom. The van der Waals surface area contributed by atoms with Gasteiger partial charge in [0.05, 0.1) is 0 Å². The summed E-state index contributed by atoms with van der Waals surface area (Å²) >= 11 is 0. The summed E-state index contributed by atoms with van der Waals surface area (Å²) in [4.78, 5) is 8.56. The molecular formula is CH3NaO3Pd. The van der Waals surface area contributed by atoms with Crippen LogP contribution in [0, 0.1) is 0 Å². The van der Waals surface area contributed by atoms with Crippen LogP contribution in [0.3, 0.4) is 0 Å². The molecule has 0 atom stereocenters. The average Bonchev–Trinajstić information content (AvgIpc) is 0.811. The van der Waals surface area contributed by atoms with Crippen molar-refractivity contribution in [3.8, 4) is 0 Å². The SMILES string of the molecule is O=C(O)O.[NaH].[Pd]. The van der Waals surface area contributed by atoms with Gasteiger partial charge in [0.25, 0.3) is 0 Å². The fourth-order valence-corrected chi connectivity index (χ4v) is 0. The number of rotatable bonds is 0.